The Morgan fingerprint density at radius 3 is 2.04 bits per heavy atom. The number of hydrogen-bond acceptors (Lipinski definition) is 8. The van der Waals surface area contributed by atoms with Gasteiger partial charge in [-0.05, 0) is 6.42 Å². The Morgan fingerprint density at radius 2 is 1.50 bits per heavy atom. The van der Waals surface area contributed by atoms with Gasteiger partial charge >= 0.3 is 17.9 Å². The normalized spacial score (nSPS) is 22.1. The minimum atomic E-state index is -1.86. The fourth-order valence-corrected chi connectivity index (χ4v) is 2.93. The molecule has 3 atom stereocenters. The molecule has 150 valence electrons. The smallest absolute Gasteiger partial charge is 0.352 e. The van der Waals surface area contributed by atoms with E-state index in [2.05, 4.69) is 16.5 Å². The van der Waals surface area contributed by atoms with Crippen molar-refractivity contribution < 1.29 is 39.1 Å². The van der Waals surface area contributed by atoms with Gasteiger partial charge in [0.1, 0.15) is 5.92 Å². The lowest BCUT2D eigenvalue weighted by Crippen LogP contribution is -2.38. The molecule has 0 amide bonds. The van der Waals surface area contributed by atoms with Crippen molar-refractivity contribution >= 4 is 17.9 Å². The van der Waals surface area contributed by atoms with E-state index in [1.165, 1.54) is 38.5 Å². The summed E-state index contributed by atoms with van der Waals surface area (Å²) >= 11 is 0. The van der Waals surface area contributed by atoms with Gasteiger partial charge in [-0.15, -0.1) is 0 Å². The van der Waals surface area contributed by atoms with Gasteiger partial charge in [0.2, 0.25) is 6.10 Å². The summed E-state index contributed by atoms with van der Waals surface area (Å²) < 4.78 is 9.65. The van der Waals surface area contributed by atoms with Gasteiger partial charge in [-0.25, -0.2) is 14.4 Å². The number of aliphatic hydroxyl groups is 1. The van der Waals surface area contributed by atoms with E-state index in [9.17, 15) is 19.5 Å². The number of aliphatic hydroxyl groups excluding tert-OH is 1. The molecule has 1 fully saturated rings. The zero-order chi connectivity index (χ0) is 19.4. The predicted octanol–water partition coefficient (Wildman–Crippen LogP) is 2.37. The standard InChI is InChI=1S/C18H30O8/c1-2-3-4-5-6-7-8-9-10-11-12-24-18(22)15-13(16(20)26-23)14(19)17(21)25-15/h13-15,19,23H,2-12H2,1H3/t13-,14-,15-/m1/s1. The fraction of sp³-hybridized carbons (Fsp3) is 0.833. The van der Waals surface area contributed by atoms with Crippen LogP contribution in [0, 0.1) is 5.92 Å². The average molecular weight is 374 g/mol. The molecular formula is C18H30O8. The van der Waals surface area contributed by atoms with Gasteiger partial charge in [0, 0.05) is 0 Å². The molecule has 0 radical (unpaired) electrons. The van der Waals surface area contributed by atoms with Crippen LogP contribution < -0.4 is 0 Å². The summed E-state index contributed by atoms with van der Waals surface area (Å²) in [5, 5.41) is 17.9. The first-order valence-corrected chi connectivity index (χ1v) is 9.43. The Balaban J connectivity index is 2.14. The Morgan fingerprint density at radius 1 is 0.962 bits per heavy atom. The summed E-state index contributed by atoms with van der Waals surface area (Å²) in [6, 6.07) is 0. The van der Waals surface area contributed by atoms with Gasteiger partial charge in [-0.2, -0.15) is 5.26 Å². The van der Waals surface area contributed by atoms with Crippen molar-refractivity contribution in [3.63, 3.8) is 0 Å². The first kappa shape index (κ1) is 22.4. The van der Waals surface area contributed by atoms with E-state index < -0.39 is 36.0 Å². The fourth-order valence-electron chi connectivity index (χ4n) is 2.93. The van der Waals surface area contributed by atoms with Crippen LogP contribution in [0.4, 0.5) is 0 Å². The Labute approximate surface area is 153 Å². The molecule has 1 rings (SSSR count). The van der Waals surface area contributed by atoms with E-state index in [4.69, 9.17) is 9.99 Å². The average Bonchev–Trinajstić information content (AvgIpc) is 2.94. The van der Waals surface area contributed by atoms with Crippen LogP contribution in [0.15, 0.2) is 0 Å². The number of carbonyl (C=O) groups excluding carboxylic acids is 3. The lowest BCUT2D eigenvalue weighted by atomic mass is 9.99. The second kappa shape index (κ2) is 12.6. The summed E-state index contributed by atoms with van der Waals surface area (Å²) in [7, 11) is 0. The minimum absolute atomic E-state index is 0.139. The van der Waals surface area contributed by atoms with Crippen molar-refractivity contribution in [2.24, 2.45) is 5.92 Å². The predicted molar refractivity (Wildman–Crippen MR) is 90.9 cm³/mol. The zero-order valence-corrected chi connectivity index (χ0v) is 15.4. The van der Waals surface area contributed by atoms with Gasteiger partial charge < -0.3 is 19.5 Å². The van der Waals surface area contributed by atoms with Crippen molar-refractivity contribution in [3.8, 4) is 0 Å². The van der Waals surface area contributed by atoms with Crippen LogP contribution in [0.3, 0.4) is 0 Å². The van der Waals surface area contributed by atoms with Crippen LogP contribution in [0.2, 0.25) is 0 Å². The molecule has 0 unspecified atom stereocenters. The summed E-state index contributed by atoms with van der Waals surface area (Å²) in [6.45, 7) is 2.34. The highest BCUT2D eigenvalue weighted by atomic mass is 17.1. The van der Waals surface area contributed by atoms with Crippen LogP contribution in [0.5, 0.6) is 0 Å². The molecule has 0 saturated carbocycles. The molecule has 0 aliphatic carbocycles. The summed E-state index contributed by atoms with van der Waals surface area (Å²) in [6.07, 6.45) is 7.94. The monoisotopic (exact) mass is 374 g/mol. The van der Waals surface area contributed by atoms with Crippen molar-refractivity contribution in [3.05, 3.63) is 0 Å². The van der Waals surface area contributed by atoms with Gasteiger partial charge in [0.05, 0.1) is 6.61 Å². The first-order chi connectivity index (χ1) is 12.5. The summed E-state index contributed by atoms with van der Waals surface area (Å²) in [5.74, 6) is -4.99. The molecule has 0 bridgehead atoms. The highest BCUT2D eigenvalue weighted by Gasteiger charge is 2.53. The number of cyclic esters (lactones) is 1. The number of carbonyl (C=O) groups is 3. The van der Waals surface area contributed by atoms with Gasteiger partial charge in [-0.3, -0.25) is 0 Å². The lowest BCUT2D eigenvalue weighted by molar-refractivity contribution is -0.242. The molecule has 1 aliphatic rings. The van der Waals surface area contributed by atoms with E-state index in [-0.39, 0.29) is 6.61 Å². The summed E-state index contributed by atoms with van der Waals surface area (Å²) in [4.78, 5) is 38.1. The van der Waals surface area contributed by atoms with Crippen molar-refractivity contribution in [1.82, 2.24) is 0 Å². The van der Waals surface area contributed by atoms with Crippen molar-refractivity contribution in [1.29, 1.82) is 0 Å². The van der Waals surface area contributed by atoms with E-state index in [0.29, 0.717) is 6.42 Å². The number of esters is 2. The molecule has 0 aromatic heterocycles. The Hall–Kier alpha value is -1.67. The van der Waals surface area contributed by atoms with E-state index >= 15 is 0 Å². The summed E-state index contributed by atoms with van der Waals surface area (Å²) in [5.41, 5.74) is 0. The van der Waals surface area contributed by atoms with Crippen LogP contribution in [-0.2, 0) is 28.7 Å². The molecular weight excluding hydrogens is 344 g/mol. The van der Waals surface area contributed by atoms with Crippen LogP contribution in [0.25, 0.3) is 0 Å². The highest BCUT2D eigenvalue weighted by molar-refractivity contribution is 5.94. The molecule has 0 spiro atoms. The third-order valence-electron chi connectivity index (χ3n) is 4.49. The Kier molecular flexibility index (Phi) is 10.9. The van der Waals surface area contributed by atoms with Crippen LogP contribution in [0.1, 0.15) is 71.1 Å². The lowest BCUT2D eigenvalue weighted by Gasteiger charge is -2.14. The van der Waals surface area contributed by atoms with Crippen molar-refractivity contribution in [2.75, 3.05) is 6.61 Å². The highest BCUT2D eigenvalue weighted by Crippen LogP contribution is 2.25. The third-order valence-corrected chi connectivity index (χ3v) is 4.49. The second-order valence-electron chi connectivity index (χ2n) is 6.59. The molecule has 8 nitrogen and oxygen atoms in total. The maximum Gasteiger partial charge on any atom is 0.352 e. The molecule has 0 aromatic rings. The number of rotatable bonds is 13. The molecule has 1 aliphatic heterocycles. The third kappa shape index (κ3) is 7.29. The minimum Gasteiger partial charge on any atom is -0.463 e. The SMILES string of the molecule is CCCCCCCCCCCCOC(=O)[C@@H]1OC(=O)[C@H](O)[C@H]1C(=O)OO. The number of ether oxygens (including phenoxy) is 2. The molecule has 2 N–H and O–H groups in total. The number of unbranched alkanes of at least 4 members (excludes halogenated alkanes) is 9. The molecule has 26 heavy (non-hydrogen) atoms. The molecule has 0 aromatic carbocycles. The largest absolute Gasteiger partial charge is 0.463 e. The first-order valence-electron chi connectivity index (χ1n) is 9.43. The van der Waals surface area contributed by atoms with E-state index in [0.717, 1.165) is 19.3 Å². The Bertz CT molecular complexity index is 450. The van der Waals surface area contributed by atoms with Gasteiger partial charge in [0.15, 0.2) is 6.10 Å². The van der Waals surface area contributed by atoms with Gasteiger partial charge in [-0.1, -0.05) is 64.7 Å². The van der Waals surface area contributed by atoms with Crippen LogP contribution >= 0.6 is 0 Å². The molecule has 1 saturated heterocycles. The maximum atomic E-state index is 11.9. The number of hydrogen-bond donors (Lipinski definition) is 2. The second-order valence-corrected chi connectivity index (χ2v) is 6.59. The topological polar surface area (TPSA) is 119 Å². The zero-order valence-electron chi connectivity index (χ0n) is 15.4. The quantitative estimate of drug-likeness (QED) is 0.166. The molecule has 1 heterocycles. The molecule has 8 heteroatoms. The maximum absolute atomic E-state index is 11.9. The van der Waals surface area contributed by atoms with E-state index in [1.807, 2.05) is 0 Å². The van der Waals surface area contributed by atoms with Crippen LogP contribution in [-0.4, -0.2) is 47.1 Å². The van der Waals surface area contributed by atoms with Gasteiger partial charge in [0.25, 0.3) is 0 Å². The van der Waals surface area contributed by atoms with Crippen molar-refractivity contribution in [2.45, 2.75) is 83.3 Å². The van der Waals surface area contributed by atoms with E-state index in [1.54, 1.807) is 0 Å².